The fourth-order valence-corrected chi connectivity index (χ4v) is 3.66. The zero-order valence-corrected chi connectivity index (χ0v) is 15.8. The van der Waals surface area contributed by atoms with E-state index in [1.54, 1.807) is 5.38 Å². The SMILES string of the molecule is O=C1C=CC(C(=O)Nc2nc(CC(=O)NCCC3=CCCCC3)cs2)C=N1. The third-order valence-electron chi connectivity index (χ3n) is 4.39. The number of carbonyl (C=O) groups excluding carboxylic acids is 3. The Bertz CT molecular complexity index is 794. The van der Waals surface area contributed by atoms with E-state index < -0.39 is 5.92 Å². The summed E-state index contributed by atoms with van der Waals surface area (Å²) in [6.07, 6.45) is 12.2. The van der Waals surface area contributed by atoms with Crippen molar-refractivity contribution in [1.29, 1.82) is 0 Å². The van der Waals surface area contributed by atoms with E-state index in [1.165, 1.54) is 48.1 Å². The Labute approximate surface area is 161 Å². The number of amides is 3. The average Bonchev–Trinajstić information content (AvgIpc) is 3.09. The van der Waals surface area contributed by atoms with Crippen molar-refractivity contribution in [3.05, 3.63) is 34.9 Å². The minimum atomic E-state index is -0.590. The lowest BCUT2D eigenvalue weighted by Crippen LogP contribution is -2.26. The maximum atomic E-state index is 12.1. The molecule has 0 radical (unpaired) electrons. The molecule has 2 N–H and O–H groups in total. The first kappa shape index (κ1) is 19.2. The molecule has 7 nitrogen and oxygen atoms in total. The molecule has 0 aromatic carbocycles. The Morgan fingerprint density at radius 2 is 2.19 bits per heavy atom. The second-order valence-corrected chi connectivity index (χ2v) is 7.38. The van der Waals surface area contributed by atoms with Crippen LogP contribution in [0.5, 0.6) is 0 Å². The molecular formula is C19H22N4O3S. The fourth-order valence-electron chi connectivity index (χ4n) is 2.94. The van der Waals surface area contributed by atoms with Crippen LogP contribution in [0.4, 0.5) is 5.13 Å². The van der Waals surface area contributed by atoms with Crippen molar-refractivity contribution in [2.24, 2.45) is 10.9 Å². The topological polar surface area (TPSA) is 101 Å². The van der Waals surface area contributed by atoms with Crippen molar-refractivity contribution in [1.82, 2.24) is 10.3 Å². The number of aromatic nitrogens is 1. The fraction of sp³-hybridized carbons (Fsp3) is 0.421. The molecular weight excluding hydrogens is 364 g/mol. The summed E-state index contributed by atoms with van der Waals surface area (Å²) in [6.45, 7) is 0.643. The van der Waals surface area contributed by atoms with Gasteiger partial charge in [-0.1, -0.05) is 17.7 Å². The Balaban J connectivity index is 1.42. The quantitative estimate of drug-likeness (QED) is 0.703. The van der Waals surface area contributed by atoms with Gasteiger partial charge in [-0.3, -0.25) is 14.4 Å². The summed E-state index contributed by atoms with van der Waals surface area (Å²) >= 11 is 1.26. The van der Waals surface area contributed by atoms with E-state index in [0.29, 0.717) is 17.4 Å². The third kappa shape index (κ3) is 5.96. The molecule has 142 valence electrons. The highest BCUT2D eigenvalue weighted by molar-refractivity contribution is 7.13. The average molecular weight is 386 g/mol. The second-order valence-electron chi connectivity index (χ2n) is 6.52. The molecule has 1 aromatic rings. The largest absolute Gasteiger partial charge is 0.355 e. The monoisotopic (exact) mass is 386 g/mol. The predicted octanol–water partition coefficient (Wildman–Crippen LogP) is 2.41. The predicted molar refractivity (Wildman–Crippen MR) is 105 cm³/mol. The molecule has 2 heterocycles. The number of dihydropyridines is 1. The van der Waals surface area contributed by atoms with Gasteiger partial charge < -0.3 is 10.6 Å². The lowest BCUT2D eigenvalue weighted by Gasteiger charge is -2.12. The molecule has 2 aliphatic rings. The molecule has 1 aromatic heterocycles. The van der Waals surface area contributed by atoms with Crippen molar-refractivity contribution >= 4 is 40.4 Å². The molecule has 0 fully saturated rings. The van der Waals surface area contributed by atoms with E-state index >= 15 is 0 Å². The summed E-state index contributed by atoms with van der Waals surface area (Å²) in [5, 5.41) is 7.79. The van der Waals surface area contributed by atoms with Crippen LogP contribution in [0.1, 0.15) is 37.8 Å². The molecule has 27 heavy (non-hydrogen) atoms. The van der Waals surface area contributed by atoms with Crippen LogP contribution in [-0.2, 0) is 20.8 Å². The van der Waals surface area contributed by atoms with E-state index in [4.69, 9.17) is 0 Å². The standard InChI is InChI=1S/C19H22N4O3S/c24-16-7-6-14(11-21-16)18(26)23-19-22-15(12-27-19)10-17(25)20-9-8-13-4-2-1-3-5-13/h4,6-7,11-12,14H,1-3,5,8-10H2,(H,20,25)(H,22,23,26). The van der Waals surface area contributed by atoms with Crippen LogP contribution in [0.3, 0.4) is 0 Å². The summed E-state index contributed by atoms with van der Waals surface area (Å²) in [5.41, 5.74) is 2.05. The van der Waals surface area contributed by atoms with Crippen molar-refractivity contribution in [3.63, 3.8) is 0 Å². The smallest absolute Gasteiger partial charge is 0.269 e. The van der Waals surface area contributed by atoms with E-state index in [-0.39, 0.29) is 24.1 Å². The first-order valence-electron chi connectivity index (χ1n) is 9.06. The van der Waals surface area contributed by atoms with Gasteiger partial charge in [0.25, 0.3) is 5.91 Å². The van der Waals surface area contributed by atoms with Gasteiger partial charge in [-0.25, -0.2) is 9.98 Å². The lowest BCUT2D eigenvalue weighted by molar-refractivity contribution is -0.120. The number of nitrogens with zero attached hydrogens (tertiary/aromatic N) is 2. The van der Waals surface area contributed by atoms with E-state index in [1.807, 2.05) is 0 Å². The van der Waals surface area contributed by atoms with Crippen molar-refractivity contribution in [3.8, 4) is 0 Å². The van der Waals surface area contributed by atoms with E-state index in [0.717, 1.165) is 19.3 Å². The van der Waals surface area contributed by atoms with Gasteiger partial charge in [-0.05, 0) is 32.1 Å². The molecule has 1 atom stereocenters. The van der Waals surface area contributed by atoms with Gasteiger partial charge in [0.1, 0.15) is 0 Å². The summed E-state index contributed by atoms with van der Waals surface area (Å²) in [4.78, 5) is 43.0. The Morgan fingerprint density at radius 3 is 2.93 bits per heavy atom. The van der Waals surface area contributed by atoms with Gasteiger partial charge >= 0.3 is 0 Å². The molecule has 3 rings (SSSR count). The van der Waals surface area contributed by atoms with E-state index in [9.17, 15) is 14.4 Å². The van der Waals surface area contributed by atoms with Crippen LogP contribution >= 0.6 is 11.3 Å². The van der Waals surface area contributed by atoms with Gasteiger partial charge in [-0.15, -0.1) is 11.3 Å². The Kier molecular flexibility index (Phi) is 6.64. The molecule has 0 bridgehead atoms. The summed E-state index contributed by atoms with van der Waals surface area (Å²) < 4.78 is 0. The molecule has 0 saturated carbocycles. The minimum Gasteiger partial charge on any atom is -0.355 e. The Morgan fingerprint density at radius 1 is 1.30 bits per heavy atom. The zero-order chi connectivity index (χ0) is 19.1. The first-order valence-corrected chi connectivity index (χ1v) is 9.94. The highest BCUT2D eigenvalue weighted by atomic mass is 32.1. The third-order valence-corrected chi connectivity index (χ3v) is 5.19. The minimum absolute atomic E-state index is 0.0737. The van der Waals surface area contributed by atoms with Crippen molar-refractivity contribution in [2.45, 2.75) is 38.5 Å². The number of aliphatic imine (C=N–C) groups is 1. The van der Waals surface area contributed by atoms with Gasteiger partial charge in [0.15, 0.2) is 5.13 Å². The van der Waals surface area contributed by atoms with Gasteiger partial charge in [0, 0.05) is 24.2 Å². The molecule has 1 unspecified atom stereocenters. The number of rotatable bonds is 7. The summed E-state index contributed by atoms with van der Waals surface area (Å²) in [6, 6.07) is 0. The molecule has 0 spiro atoms. The molecule has 0 saturated heterocycles. The number of hydrogen-bond donors (Lipinski definition) is 2. The second kappa shape index (κ2) is 9.36. The summed E-state index contributed by atoms with van der Waals surface area (Å²) in [5.74, 6) is -1.35. The van der Waals surface area contributed by atoms with Crippen molar-refractivity contribution < 1.29 is 14.4 Å². The molecule has 8 heteroatoms. The summed E-state index contributed by atoms with van der Waals surface area (Å²) in [7, 11) is 0. The Hall–Kier alpha value is -2.61. The van der Waals surface area contributed by atoms with Gasteiger partial charge in [-0.2, -0.15) is 0 Å². The normalized spacial score (nSPS) is 18.9. The van der Waals surface area contributed by atoms with Gasteiger partial charge in [0.2, 0.25) is 11.8 Å². The molecule has 1 aliphatic carbocycles. The van der Waals surface area contributed by atoms with E-state index in [2.05, 4.69) is 26.7 Å². The highest BCUT2D eigenvalue weighted by Crippen LogP contribution is 2.20. The number of carbonyl (C=O) groups is 3. The van der Waals surface area contributed by atoms with Crippen LogP contribution in [-0.4, -0.2) is 35.5 Å². The molecule has 1 aliphatic heterocycles. The number of anilines is 1. The number of hydrogen-bond acceptors (Lipinski definition) is 5. The number of thiazole rings is 1. The lowest BCUT2D eigenvalue weighted by atomic mass is 9.97. The first-order chi connectivity index (χ1) is 13.1. The number of nitrogens with one attached hydrogen (secondary N) is 2. The van der Waals surface area contributed by atoms with Crippen LogP contribution < -0.4 is 10.6 Å². The zero-order valence-electron chi connectivity index (χ0n) is 14.9. The van der Waals surface area contributed by atoms with Crippen molar-refractivity contribution in [2.75, 3.05) is 11.9 Å². The van der Waals surface area contributed by atoms with Crippen LogP contribution in [0.2, 0.25) is 0 Å². The van der Waals surface area contributed by atoms with Gasteiger partial charge in [0.05, 0.1) is 18.0 Å². The molecule has 3 amide bonds. The maximum absolute atomic E-state index is 12.1. The maximum Gasteiger partial charge on any atom is 0.269 e. The van der Waals surface area contributed by atoms with Crippen LogP contribution in [0, 0.1) is 5.92 Å². The highest BCUT2D eigenvalue weighted by Gasteiger charge is 2.18. The number of allylic oxidation sites excluding steroid dienone is 1. The van der Waals surface area contributed by atoms with Crippen LogP contribution in [0.15, 0.2) is 34.2 Å². The van der Waals surface area contributed by atoms with Crippen LogP contribution in [0.25, 0.3) is 0 Å².